The average Bonchev–Trinajstić information content (AvgIpc) is 2.92. The third-order valence-electron chi connectivity index (χ3n) is 3.17. The first kappa shape index (κ1) is 14.5. The number of hydrogen-bond acceptors (Lipinski definition) is 3. The third kappa shape index (κ3) is 2.80. The van der Waals surface area contributed by atoms with E-state index in [1.165, 1.54) is 12.1 Å². The molecule has 0 unspecified atom stereocenters. The van der Waals surface area contributed by atoms with Crippen molar-refractivity contribution in [3.8, 4) is 11.5 Å². The molecule has 6 heteroatoms. The fourth-order valence-electron chi connectivity index (χ4n) is 2.18. The molecule has 0 spiro atoms. The van der Waals surface area contributed by atoms with E-state index in [0.29, 0.717) is 28.2 Å². The molecule has 1 aromatic heterocycles. The van der Waals surface area contributed by atoms with Crippen molar-refractivity contribution in [2.24, 2.45) is 0 Å². The van der Waals surface area contributed by atoms with Crippen molar-refractivity contribution in [3.63, 3.8) is 0 Å². The second kappa shape index (κ2) is 5.77. The smallest absolute Gasteiger partial charge is 0.239 e. The predicted octanol–water partition coefficient (Wildman–Crippen LogP) is 4.12. The number of halogens is 2. The van der Waals surface area contributed by atoms with Crippen LogP contribution in [0.4, 0.5) is 10.1 Å². The molecular weight excluding hydrogens is 307 g/mol. The van der Waals surface area contributed by atoms with Gasteiger partial charge in [-0.1, -0.05) is 0 Å². The molecule has 22 heavy (non-hydrogen) atoms. The lowest BCUT2D eigenvalue weighted by atomic mass is 10.2. The van der Waals surface area contributed by atoms with Crippen LogP contribution in [0.25, 0.3) is 22.6 Å². The van der Waals surface area contributed by atoms with E-state index in [4.69, 9.17) is 16.0 Å². The molecule has 3 rings (SSSR count). The van der Waals surface area contributed by atoms with Gasteiger partial charge in [0.1, 0.15) is 17.2 Å². The van der Waals surface area contributed by atoms with Crippen molar-refractivity contribution < 1.29 is 13.6 Å². The zero-order chi connectivity index (χ0) is 15.7. The van der Waals surface area contributed by atoms with Crippen LogP contribution in [-0.2, 0) is 4.79 Å². The highest BCUT2D eigenvalue weighted by atomic mass is 35.5. The molecule has 112 valence electrons. The number of hydrogen-bond donors (Lipinski definition) is 1. The highest BCUT2D eigenvalue weighted by molar-refractivity contribution is 6.29. The molecule has 4 nitrogen and oxygen atoms in total. The van der Waals surface area contributed by atoms with Gasteiger partial charge in [0.05, 0.1) is 0 Å². The van der Waals surface area contributed by atoms with Crippen LogP contribution in [0.2, 0.25) is 0 Å². The summed E-state index contributed by atoms with van der Waals surface area (Å²) in [7, 11) is 0. The number of alkyl halides is 1. The molecule has 1 heterocycles. The standard InChI is InChI=1S/C16H12ClFN2O2/c1-9-6-12(19-14(21)8-17)7-13-15(9)22-16(20-13)10-2-4-11(18)5-3-10/h2-7H,8H2,1H3,(H,19,21). The fraction of sp³-hybridized carbons (Fsp3) is 0.125. The van der Waals surface area contributed by atoms with Gasteiger partial charge in [0, 0.05) is 11.3 Å². The molecule has 0 atom stereocenters. The van der Waals surface area contributed by atoms with Crippen LogP contribution in [0.5, 0.6) is 0 Å². The lowest BCUT2D eigenvalue weighted by Crippen LogP contribution is -2.12. The number of anilines is 1. The Morgan fingerprint density at radius 3 is 2.73 bits per heavy atom. The molecule has 2 aromatic carbocycles. The van der Waals surface area contributed by atoms with Crippen molar-refractivity contribution in [3.05, 3.63) is 47.8 Å². The predicted molar refractivity (Wildman–Crippen MR) is 83.5 cm³/mol. The molecule has 0 saturated carbocycles. The number of rotatable bonds is 3. The largest absolute Gasteiger partial charge is 0.436 e. The van der Waals surface area contributed by atoms with E-state index in [1.54, 1.807) is 24.3 Å². The van der Waals surface area contributed by atoms with Crippen molar-refractivity contribution in [2.45, 2.75) is 6.92 Å². The minimum atomic E-state index is -0.317. The zero-order valence-corrected chi connectivity index (χ0v) is 12.4. The quantitative estimate of drug-likeness (QED) is 0.739. The molecule has 0 aliphatic heterocycles. The number of fused-ring (bicyclic) bond motifs is 1. The third-order valence-corrected chi connectivity index (χ3v) is 3.41. The molecular formula is C16H12ClFN2O2. The summed E-state index contributed by atoms with van der Waals surface area (Å²) < 4.78 is 18.7. The SMILES string of the molecule is Cc1cc(NC(=O)CCl)cc2nc(-c3ccc(F)cc3)oc12. The van der Waals surface area contributed by atoms with Gasteiger partial charge in [-0.15, -0.1) is 11.6 Å². The Hall–Kier alpha value is -2.40. The van der Waals surface area contributed by atoms with E-state index >= 15 is 0 Å². The van der Waals surface area contributed by atoms with Gasteiger partial charge in [0.25, 0.3) is 0 Å². The van der Waals surface area contributed by atoms with E-state index in [2.05, 4.69) is 10.3 Å². The van der Waals surface area contributed by atoms with Crippen LogP contribution < -0.4 is 5.32 Å². The number of aromatic nitrogens is 1. The molecule has 1 amide bonds. The molecule has 0 bridgehead atoms. The second-order valence-corrected chi connectivity index (χ2v) is 5.12. The highest BCUT2D eigenvalue weighted by Crippen LogP contribution is 2.29. The number of carbonyl (C=O) groups is 1. The average molecular weight is 319 g/mol. The summed E-state index contributed by atoms with van der Waals surface area (Å²) in [6.07, 6.45) is 0. The number of oxazole rings is 1. The Labute approximate surface area is 130 Å². The molecule has 1 N–H and O–H groups in total. The lowest BCUT2D eigenvalue weighted by Gasteiger charge is -2.03. The lowest BCUT2D eigenvalue weighted by molar-refractivity contribution is -0.113. The first-order valence-electron chi connectivity index (χ1n) is 6.60. The van der Waals surface area contributed by atoms with Crippen molar-refractivity contribution >= 4 is 34.3 Å². The molecule has 0 radical (unpaired) electrons. The van der Waals surface area contributed by atoms with E-state index in [0.717, 1.165) is 5.56 Å². The van der Waals surface area contributed by atoms with Crippen LogP contribution in [-0.4, -0.2) is 16.8 Å². The second-order valence-electron chi connectivity index (χ2n) is 4.85. The minimum Gasteiger partial charge on any atom is -0.436 e. The maximum atomic E-state index is 13.0. The Balaban J connectivity index is 2.03. The number of nitrogens with zero attached hydrogens (tertiary/aromatic N) is 1. The molecule has 0 aliphatic rings. The van der Waals surface area contributed by atoms with Crippen molar-refractivity contribution in [1.82, 2.24) is 4.98 Å². The molecule has 0 saturated heterocycles. The topological polar surface area (TPSA) is 55.1 Å². The number of amides is 1. The van der Waals surface area contributed by atoms with Crippen LogP contribution in [0.15, 0.2) is 40.8 Å². The molecule has 0 aliphatic carbocycles. The van der Waals surface area contributed by atoms with Gasteiger partial charge in [-0.2, -0.15) is 0 Å². The van der Waals surface area contributed by atoms with E-state index < -0.39 is 0 Å². The summed E-state index contributed by atoms with van der Waals surface area (Å²) >= 11 is 5.48. The maximum absolute atomic E-state index is 13.0. The van der Waals surface area contributed by atoms with E-state index in [-0.39, 0.29) is 17.6 Å². The van der Waals surface area contributed by atoms with Crippen LogP contribution in [0.1, 0.15) is 5.56 Å². The van der Waals surface area contributed by atoms with Gasteiger partial charge in [-0.05, 0) is 48.9 Å². The van der Waals surface area contributed by atoms with Crippen LogP contribution in [0, 0.1) is 12.7 Å². The number of benzene rings is 2. The van der Waals surface area contributed by atoms with Crippen LogP contribution in [0.3, 0.4) is 0 Å². The van der Waals surface area contributed by atoms with Gasteiger partial charge in [0.2, 0.25) is 11.8 Å². The van der Waals surface area contributed by atoms with Gasteiger partial charge in [0.15, 0.2) is 5.58 Å². The van der Waals surface area contributed by atoms with E-state index in [1.807, 2.05) is 6.92 Å². The maximum Gasteiger partial charge on any atom is 0.239 e. The Bertz CT molecular complexity index is 843. The zero-order valence-electron chi connectivity index (χ0n) is 11.7. The summed E-state index contributed by atoms with van der Waals surface area (Å²) in [5.74, 6) is -0.319. The summed E-state index contributed by atoms with van der Waals surface area (Å²) in [5, 5.41) is 2.68. The summed E-state index contributed by atoms with van der Waals surface area (Å²) in [4.78, 5) is 15.8. The Morgan fingerprint density at radius 1 is 1.32 bits per heavy atom. The summed E-state index contributed by atoms with van der Waals surface area (Å²) in [6, 6.07) is 9.40. The van der Waals surface area contributed by atoms with Gasteiger partial charge >= 0.3 is 0 Å². The normalized spacial score (nSPS) is 10.9. The Morgan fingerprint density at radius 2 is 2.05 bits per heavy atom. The Kier molecular flexibility index (Phi) is 3.81. The summed E-state index contributed by atoms with van der Waals surface area (Å²) in [6.45, 7) is 1.86. The number of aryl methyl sites for hydroxylation is 1. The van der Waals surface area contributed by atoms with E-state index in [9.17, 15) is 9.18 Å². The van der Waals surface area contributed by atoms with Crippen molar-refractivity contribution in [2.75, 3.05) is 11.2 Å². The first-order valence-corrected chi connectivity index (χ1v) is 7.13. The molecule has 0 fully saturated rings. The van der Waals surface area contributed by atoms with Gasteiger partial charge < -0.3 is 9.73 Å². The summed E-state index contributed by atoms with van der Waals surface area (Å²) in [5.41, 5.74) is 3.37. The van der Waals surface area contributed by atoms with Gasteiger partial charge in [-0.3, -0.25) is 4.79 Å². The van der Waals surface area contributed by atoms with Crippen LogP contribution >= 0.6 is 11.6 Å². The molecule has 3 aromatic rings. The van der Waals surface area contributed by atoms with Crippen molar-refractivity contribution in [1.29, 1.82) is 0 Å². The van der Waals surface area contributed by atoms with Gasteiger partial charge in [-0.25, -0.2) is 9.37 Å². The monoisotopic (exact) mass is 318 g/mol. The first-order chi connectivity index (χ1) is 10.6. The number of carbonyl (C=O) groups excluding carboxylic acids is 1. The number of nitrogens with one attached hydrogen (secondary N) is 1. The highest BCUT2D eigenvalue weighted by Gasteiger charge is 2.12. The fourth-order valence-corrected chi connectivity index (χ4v) is 2.25. The minimum absolute atomic E-state index is 0.114.